The second-order valence-electron chi connectivity index (χ2n) is 7.36. The van der Waals surface area contributed by atoms with E-state index in [1.165, 1.54) is 4.90 Å². The minimum atomic E-state index is -1.89. The fraction of sp³-hybridized carbons (Fsp3) is 0.167. The summed E-state index contributed by atoms with van der Waals surface area (Å²) in [5, 5.41) is 11.9. The number of aryl methyl sites for hydroxylation is 1. The third kappa shape index (κ3) is 3.57. The van der Waals surface area contributed by atoms with Crippen LogP contribution in [0.25, 0.3) is 0 Å². The number of Topliss-reactive ketones (excluding diaryl/α,β-unsaturated/α-hetero) is 1. The van der Waals surface area contributed by atoms with Crippen molar-refractivity contribution in [1.29, 1.82) is 0 Å². The lowest BCUT2D eigenvalue weighted by molar-refractivity contribution is -0.136. The van der Waals surface area contributed by atoms with E-state index >= 15 is 0 Å². The number of fused-ring (bicyclic) bond motifs is 1. The van der Waals surface area contributed by atoms with E-state index in [0.717, 1.165) is 11.1 Å². The summed E-state index contributed by atoms with van der Waals surface area (Å²) in [7, 11) is 0. The van der Waals surface area contributed by atoms with Crippen molar-refractivity contribution in [2.75, 3.05) is 4.90 Å². The Balaban J connectivity index is 1.67. The summed E-state index contributed by atoms with van der Waals surface area (Å²) in [6.07, 6.45) is -0.308. The highest BCUT2D eigenvalue weighted by molar-refractivity contribution is 6.30. The van der Waals surface area contributed by atoms with Crippen molar-refractivity contribution < 1.29 is 14.7 Å². The van der Waals surface area contributed by atoms with Crippen LogP contribution in [0.4, 0.5) is 5.69 Å². The molecular formula is C24H20ClNO3. The van der Waals surface area contributed by atoms with Crippen LogP contribution in [0.15, 0.2) is 72.8 Å². The van der Waals surface area contributed by atoms with Crippen LogP contribution in [0, 0.1) is 6.92 Å². The number of halogens is 1. The highest BCUT2D eigenvalue weighted by Crippen LogP contribution is 2.43. The van der Waals surface area contributed by atoms with Crippen LogP contribution in [0.5, 0.6) is 0 Å². The average molecular weight is 406 g/mol. The summed E-state index contributed by atoms with van der Waals surface area (Å²) >= 11 is 6.07. The first-order chi connectivity index (χ1) is 13.9. The number of ketones is 1. The third-order valence-corrected chi connectivity index (χ3v) is 5.49. The first-order valence-electron chi connectivity index (χ1n) is 9.37. The lowest BCUT2D eigenvalue weighted by Crippen LogP contribution is -2.41. The Hall–Kier alpha value is -2.95. The minimum absolute atomic E-state index is 0.261. The molecule has 1 aliphatic heterocycles. The maximum absolute atomic E-state index is 13.3. The van der Waals surface area contributed by atoms with Crippen molar-refractivity contribution in [3.8, 4) is 0 Å². The Kier molecular flexibility index (Phi) is 4.99. The quantitative estimate of drug-likeness (QED) is 0.628. The van der Waals surface area contributed by atoms with Crippen molar-refractivity contribution in [1.82, 2.24) is 0 Å². The second kappa shape index (κ2) is 7.47. The number of carbonyl (C=O) groups excluding carboxylic acids is 2. The molecule has 0 aliphatic carbocycles. The van der Waals surface area contributed by atoms with E-state index in [1.807, 2.05) is 37.3 Å². The highest BCUT2D eigenvalue weighted by Gasteiger charge is 2.50. The number of rotatable bonds is 5. The van der Waals surface area contributed by atoms with Gasteiger partial charge in [-0.2, -0.15) is 0 Å². The highest BCUT2D eigenvalue weighted by atomic mass is 35.5. The van der Waals surface area contributed by atoms with Crippen LogP contribution in [0.3, 0.4) is 0 Å². The molecule has 1 amide bonds. The van der Waals surface area contributed by atoms with Gasteiger partial charge in [0.1, 0.15) is 0 Å². The first kappa shape index (κ1) is 19.4. The Labute approximate surface area is 174 Å². The van der Waals surface area contributed by atoms with Gasteiger partial charge in [0.15, 0.2) is 11.4 Å². The fourth-order valence-electron chi connectivity index (χ4n) is 3.73. The lowest BCUT2D eigenvalue weighted by atomic mass is 9.88. The molecule has 0 spiro atoms. The van der Waals surface area contributed by atoms with Gasteiger partial charge >= 0.3 is 0 Å². The predicted molar refractivity (Wildman–Crippen MR) is 113 cm³/mol. The topological polar surface area (TPSA) is 57.6 Å². The van der Waals surface area contributed by atoms with Crippen molar-refractivity contribution in [2.45, 2.75) is 25.5 Å². The molecule has 146 valence electrons. The van der Waals surface area contributed by atoms with E-state index in [2.05, 4.69) is 0 Å². The molecule has 0 fully saturated rings. The van der Waals surface area contributed by atoms with Gasteiger partial charge in [0.2, 0.25) is 0 Å². The largest absolute Gasteiger partial charge is 0.375 e. The molecule has 1 unspecified atom stereocenters. The lowest BCUT2D eigenvalue weighted by Gasteiger charge is -2.23. The molecule has 1 N–H and O–H groups in total. The van der Waals surface area contributed by atoms with E-state index < -0.39 is 11.5 Å². The third-order valence-electron chi connectivity index (χ3n) is 5.26. The summed E-state index contributed by atoms with van der Waals surface area (Å²) < 4.78 is 0. The zero-order valence-electron chi connectivity index (χ0n) is 15.9. The van der Waals surface area contributed by atoms with Gasteiger partial charge in [-0.1, -0.05) is 71.8 Å². The fourth-order valence-corrected chi connectivity index (χ4v) is 3.94. The molecule has 4 nitrogen and oxygen atoms in total. The molecule has 0 saturated heterocycles. The number of amides is 1. The van der Waals surface area contributed by atoms with Gasteiger partial charge in [0.25, 0.3) is 5.91 Å². The van der Waals surface area contributed by atoms with E-state index in [4.69, 9.17) is 11.6 Å². The number of aliphatic hydroxyl groups is 1. The summed E-state index contributed by atoms with van der Waals surface area (Å²) in [5.41, 5.74) is 1.52. The second-order valence-corrected chi connectivity index (χ2v) is 7.80. The summed E-state index contributed by atoms with van der Waals surface area (Å²) in [6, 6.07) is 21.4. The molecule has 0 aromatic heterocycles. The van der Waals surface area contributed by atoms with Gasteiger partial charge in [-0.05, 0) is 30.7 Å². The first-order valence-corrected chi connectivity index (χ1v) is 9.74. The molecule has 3 aromatic carbocycles. The average Bonchev–Trinajstić information content (AvgIpc) is 2.91. The number of para-hydroxylation sites is 1. The number of hydrogen-bond donors (Lipinski definition) is 1. The molecule has 1 heterocycles. The maximum atomic E-state index is 13.3. The molecule has 4 rings (SSSR count). The monoisotopic (exact) mass is 405 g/mol. The zero-order valence-corrected chi connectivity index (χ0v) is 16.7. The van der Waals surface area contributed by atoms with Crippen molar-refractivity contribution >= 4 is 29.0 Å². The molecule has 1 atom stereocenters. The van der Waals surface area contributed by atoms with Crippen LogP contribution in [-0.2, 0) is 16.9 Å². The van der Waals surface area contributed by atoms with E-state index in [1.54, 1.807) is 42.5 Å². The Morgan fingerprint density at radius 1 is 1.03 bits per heavy atom. The zero-order chi connectivity index (χ0) is 20.6. The number of anilines is 1. The molecule has 29 heavy (non-hydrogen) atoms. The van der Waals surface area contributed by atoms with E-state index in [9.17, 15) is 14.7 Å². The maximum Gasteiger partial charge on any atom is 0.264 e. The number of carbonyl (C=O) groups is 2. The Bertz CT molecular complexity index is 1090. The standard InChI is InChI=1S/C24H20ClNO3/c1-16-9-11-18(12-10-16)22(27)14-24(29)20-7-2-3-8-21(20)26(23(24)28)15-17-5-4-6-19(25)13-17/h2-13,29H,14-15H2,1H3. The Morgan fingerprint density at radius 2 is 1.76 bits per heavy atom. The van der Waals surface area contributed by atoms with Gasteiger partial charge in [0.05, 0.1) is 18.7 Å². The predicted octanol–water partition coefficient (Wildman–Crippen LogP) is 4.66. The summed E-state index contributed by atoms with van der Waals surface area (Å²) in [4.78, 5) is 27.6. The van der Waals surface area contributed by atoms with Crippen LogP contribution in [0.1, 0.15) is 33.5 Å². The molecule has 0 bridgehead atoms. The molecule has 0 saturated carbocycles. The van der Waals surface area contributed by atoms with Crippen LogP contribution in [0.2, 0.25) is 5.02 Å². The van der Waals surface area contributed by atoms with E-state index in [-0.39, 0.29) is 18.7 Å². The number of benzene rings is 3. The van der Waals surface area contributed by atoms with Gasteiger partial charge < -0.3 is 10.0 Å². The van der Waals surface area contributed by atoms with Gasteiger partial charge in [-0.15, -0.1) is 0 Å². The number of nitrogens with zero attached hydrogens (tertiary/aromatic N) is 1. The van der Waals surface area contributed by atoms with Crippen LogP contribution >= 0.6 is 11.6 Å². The normalized spacial score (nSPS) is 18.0. The van der Waals surface area contributed by atoms with Gasteiger partial charge in [0, 0.05) is 16.1 Å². The molecular weight excluding hydrogens is 386 g/mol. The van der Waals surface area contributed by atoms with Crippen molar-refractivity contribution in [2.24, 2.45) is 0 Å². The smallest absolute Gasteiger partial charge is 0.264 e. The molecule has 1 aliphatic rings. The van der Waals surface area contributed by atoms with Crippen LogP contribution in [-0.4, -0.2) is 16.8 Å². The Morgan fingerprint density at radius 3 is 2.48 bits per heavy atom. The molecule has 3 aromatic rings. The SMILES string of the molecule is Cc1ccc(C(=O)CC2(O)C(=O)N(Cc3cccc(Cl)c3)c3ccccc32)cc1. The summed E-state index contributed by atoms with van der Waals surface area (Å²) in [5.74, 6) is -0.778. The van der Waals surface area contributed by atoms with Gasteiger partial charge in [-0.3, -0.25) is 9.59 Å². The summed E-state index contributed by atoms with van der Waals surface area (Å²) in [6.45, 7) is 2.20. The van der Waals surface area contributed by atoms with Crippen molar-refractivity contribution in [3.63, 3.8) is 0 Å². The number of hydrogen-bond acceptors (Lipinski definition) is 3. The molecule has 0 radical (unpaired) electrons. The minimum Gasteiger partial charge on any atom is -0.375 e. The van der Waals surface area contributed by atoms with E-state index in [0.29, 0.717) is 21.8 Å². The van der Waals surface area contributed by atoms with Crippen LogP contribution < -0.4 is 4.90 Å². The molecule has 5 heteroatoms. The van der Waals surface area contributed by atoms with Gasteiger partial charge in [-0.25, -0.2) is 0 Å². The van der Waals surface area contributed by atoms with Crippen molar-refractivity contribution in [3.05, 3.63) is 100 Å².